The molecule has 1 aromatic carbocycles. The predicted octanol–water partition coefficient (Wildman–Crippen LogP) is 4.37. The summed E-state index contributed by atoms with van der Waals surface area (Å²) in [6.07, 6.45) is 9.94. The molecule has 4 nitrogen and oxygen atoms in total. The van der Waals surface area contributed by atoms with Gasteiger partial charge < -0.3 is 5.11 Å². The molecular formula is C19H23N3O. The molecule has 1 N–H and O–H groups in total. The summed E-state index contributed by atoms with van der Waals surface area (Å²) in [7, 11) is 0. The van der Waals surface area contributed by atoms with E-state index in [4.69, 9.17) is 0 Å². The highest BCUT2D eigenvalue weighted by molar-refractivity contribution is 5.70. The molecule has 0 unspecified atom stereocenters. The van der Waals surface area contributed by atoms with Gasteiger partial charge in [0.25, 0.3) is 0 Å². The minimum Gasteiger partial charge on any atom is -0.493 e. The van der Waals surface area contributed by atoms with E-state index in [9.17, 15) is 5.11 Å². The van der Waals surface area contributed by atoms with Gasteiger partial charge >= 0.3 is 0 Å². The average molecular weight is 309 g/mol. The molecule has 0 radical (unpaired) electrons. The fourth-order valence-electron chi connectivity index (χ4n) is 2.32. The Morgan fingerprint density at radius 2 is 2.09 bits per heavy atom. The lowest BCUT2D eigenvalue weighted by Crippen LogP contribution is -1.97. The van der Waals surface area contributed by atoms with E-state index in [1.807, 2.05) is 48.6 Å². The molecule has 0 amide bonds. The zero-order valence-corrected chi connectivity index (χ0v) is 13.5. The quantitative estimate of drug-likeness (QED) is 0.581. The Labute approximate surface area is 137 Å². The van der Waals surface area contributed by atoms with Gasteiger partial charge in [0.1, 0.15) is 6.67 Å². The number of hydrogen-bond acceptors (Lipinski definition) is 3. The molecule has 0 saturated heterocycles. The van der Waals surface area contributed by atoms with E-state index in [2.05, 4.69) is 23.6 Å². The van der Waals surface area contributed by atoms with Crippen molar-refractivity contribution in [3.8, 4) is 17.1 Å². The second-order valence-electron chi connectivity index (χ2n) is 5.19. The summed E-state index contributed by atoms with van der Waals surface area (Å²) < 4.78 is 1.55. The third kappa shape index (κ3) is 4.42. The summed E-state index contributed by atoms with van der Waals surface area (Å²) in [6.45, 7) is 6.04. The lowest BCUT2D eigenvalue weighted by molar-refractivity contribution is 0.398. The van der Waals surface area contributed by atoms with Gasteiger partial charge in [-0.05, 0) is 18.9 Å². The molecule has 0 aliphatic rings. The van der Waals surface area contributed by atoms with Crippen LogP contribution in [-0.4, -0.2) is 21.1 Å². The van der Waals surface area contributed by atoms with Crippen molar-refractivity contribution in [1.82, 2.24) is 9.78 Å². The number of rotatable bonds is 8. The van der Waals surface area contributed by atoms with Crippen molar-refractivity contribution < 1.29 is 5.11 Å². The Morgan fingerprint density at radius 1 is 1.30 bits per heavy atom. The van der Waals surface area contributed by atoms with Crippen LogP contribution in [0.1, 0.15) is 25.3 Å². The molecule has 1 aromatic heterocycles. The van der Waals surface area contributed by atoms with Crippen molar-refractivity contribution in [1.29, 1.82) is 0 Å². The van der Waals surface area contributed by atoms with Crippen LogP contribution in [-0.2, 0) is 13.1 Å². The Balaban J connectivity index is 2.22. The van der Waals surface area contributed by atoms with Gasteiger partial charge in [0.2, 0.25) is 5.88 Å². The van der Waals surface area contributed by atoms with Gasteiger partial charge in [-0.15, -0.1) is 6.58 Å². The van der Waals surface area contributed by atoms with Crippen LogP contribution in [0.2, 0.25) is 0 Å². The van der Waals surface area contributed by atoms with E-state index in [1.165, 1.54) is 0 Å². The monoisotopic (exact) mass is 309 g/mol. The molecule has 4 heteroatoms. The zero-order valence-electron chi connectivity index (χ0n) is 13.5. The third-order valence-electron chi connectivity index (χ3n) is 3.41. The van der Waals surface area contributed by atoms with Crippen LogP contribution in [0.15, 0.2) is 60.1 Å². The third-order valence-corrected chi connectivity index (χ3v) is 3.41. The number of benzene rings is 1. The SMILES string of the molecule is C=CC/C=C\C=N/Cn1nc(-c2ccccc2)c(CCC)c1O. The first-order valence-corrected chi connectivity index (χ1v) is 7.87. The zero-order chi connectivity index (χ0) is 16.5. The Bertz CT molecular complexity index is 684. The van der Waals surface area contributed by atoms with Crippen molar-refractivity contribution in [3.63, 3.8) is 0 Å². The molecule has 0 saturated carbocycles. The molecule has 2 aromatic rings. The van der Waals surface area contributed by atoms with Gasteiger partial charge in [-0.3, -0.25) is 4.99 Å². The highest BCUT2D eigenvalue weighted by Gasteiger charge is 2.17. The van der Waals surface area contributed by atoms with Crippen LogP contribution in [0.3, 0.4) is 0 Å². The summed E-state index contributed by atoms with van der Waals surface area (Å²) in [5.74, 6) is 0.206. The van der Waals surface area contributed by atoms with Crippen molar-refractivity contribution in [2.75, 3.05) is 0 Å². The molecule has 120 valence electrons. The number of allylic oxidation sites excluding steroid dienone is 3. The molecule has 23 heavy (non-hydrogen) atoms. The van der Waals surface area contributed by atoms with E-state index in [1.54, 1.807) is 10.9 Å². The highest BCUT2D eigenvalue weighted by atomic mass is 16.3. The largest absolute Gasteiger partial charge is 0.493 e. The van der Waals surface area contributed by atoms with Crippen LogP contribution in [0.4, 0.5) is 0 Å². The first-order chi connectivity index (χ1) is 11.3. The molecule has 0 fully saturated rings. The summed E-state index contributed by atoms with van der Waals surface area (Å²) in [5.41, 5.74) is 2.73. The van der Waals surface area contributed by atoms with Crippen LogP contribution in [0.25, 0.3) is 11.3 Å². The molecule has 0 bridgehead atoms. The molecule has 0 spiro atoms. The smallest absolute Gasteiger partial charge is 0.215 e. The summed E-state index contributed by atoms with van der Waals surface area (Å²) in [5, 5.41) is 15.0. The minimum atomic E-state index is 0.206. The molecule has 0 aliphatic carbocycles. The van der Waals surface area contributed by atoms with Gasteiger partial charge in [-0.25, -0.2) is 4.68 Å². The number of hydrogen-bond donors (Lipinski definition) is 1. The lowest BCUT2D eigenvalue weighted by Gasteiger charge is -2.01. The molecule has 0 aliphatic heterocycles. The highest BCUT2D eigenvalue weighted by Crippen LogP contribution is 2.30. The predicted molar refractivity (Wildman–Crippen MR) is 95.8 cm³/mol. The molecule has 1 heterocycles. The maximum absolute atomic E-state index is 10.4. The number of nitrogens with zero attached hydrogens (tertiary/aromatic N) is 3. The van der Waals surface area contributed by atoms with E-state index < -0.39 is 0 Å². The summed E-state index contributed by atoms with van der Waals surface area (Å²) in [6, 6.07) is 9.94. The maximum Gasteiger partial charge on any atom is 0.215 e. The van der Waals surface area contributed by atoms with Crippen molar-refractivity contribution in [3.05, 3.63) is 60.7 Å². The van der Waals surface area contributed by atoms with Crippen LogP contribution in [0.5, 0.6) is 5.88 Å². The van der Waals surface area contributed by atoms with E-state index in [-0.39, 0.29) is 5.88 Å². The first-order valence-electron chi connectivity index (χ1n) is 7.87. The van der Waals surface area contributed by atoms with E-state index in [0.29, 0.717) is 6.67 Å². The lowest BCUT2D eigenvalue weighted by atomic mass is 10.0. The second-order valence-corrected chi connectivity index (χ2v) is 5.19. The fraction of sp³-hybridized carbons (Fsp3) is 0.263. The Kier molecular flexibility index (Phi) is 6.36. The normalized spacial score (nSPS) is 11.5. The van der Waals surface area contributed by atoms with Gasteiger partial charge in [0.15, 0.2) is 0 Å². The first kappa shape index (κ1) is 16.7. The standard InChI is InChI=1S/C19H23N3O/c1-3-5-6-10-14-20-15-22-19(23)17(11-4-2)18(21-22)16-12-8-7-9-13-16/h3,6-10,12-14,23H,1,4-5,11,15H2,2H3/b10-6-,20-14-. The Morgan fingerprint density at radius 3 is 2.78 bits per heavy atom. The molecule has 2 rings (SSSR count). The van der Waals surface area contributed by atoms with Crippen LogP contribution >= 0.6 is 0 Å². The van der Waals surface area contributed by atoms with Gasteiger partial charge in [0, 0.05) is 17.3 Å². The summed E-state index contributed by atoms with van der Waals surface area (Å²) >= 11 is 0. The van der Waals surface area contributed by atoms with Crippen LogP contribution in [0, 0.1) is 0 Å². The minimum absolute atomic E-state index is 0.206. The van der Waals surface area contributed by atoms with Gasteiger partial charge in [0.05, 0.1) is 5.69 Å². The number of aliphatic imine (C=N–C) groups is 1. The maximum atomic E-state index is 10.4. The van der Waals surface area contributed by atoms with Crippen molar-refractivity contribution in [2.24, 2.45) is 4.99 Å². The van der Waals surface area contributed by atoms with Gasteiger partial charge in [-0.1, -0.05) is 55.8 Å². The molecule has 0 atom stereocenters. The van der Waals surface area contributed by atoms with E-state index in [0.717, 1.165) is 36.1 Å². The van der Waals surface area contributed by atoms with Gasteiger partial charge in [-0.2, -0.15) is 5.10 Å². The average Bonchev–Trinajstić information content (AvgIpc) is 2.89. The Hall–Kier alpha value is -2.62. The number of aromatic hydroxyl groups is 1. The topological polar surface area (TPSA) is 50.4 Å². The summed E-state index contributed by atoms with van der Waals surface area (Å²) in [4.78, 5) is 4.28. The van der Waals surface area contributed by atoms with Crippen molar-refractivity contribution in [2.45, 2.75) is 32.9 Å². The van der Waals surface area contributed by atoms with E-state index >= 15 is 0 Å². The molecular weight excluding hydrogens is 286 g/mol. The van der Waals surface area contributed by atoms with Crippen LogP contribution < -0.4 is 0 Å². The second kappa shape index (κ2) is 8.73. The fourth-order valence-corrected chi connectivity index (χ4v) is 2.32. The van der Waals surface area contributed by atoms with Crippen molar-refractivity contribution >= 4 is 6.21 Å². The number of aromatic nitrogens is 2.